The predicted molar refractivity (Wildman–Crippen MR) is 138 cm³/mol. The van der Waals surface area contributed by atoms with Crippen LogP contribution >= 0.6 is 6.85 Å². The van der Waals surface area contributed by atoms with Gasteiger partial charge in [-0.05, 0) is 67.3 Å². The first-order valence-corrected chi connectivity index (χ1v) is 13.3. The third kappa shape index (κ3) is 7.57. The normalized spacial score (nSPS) is 14.3. The van der Waals surface area contributed by atoms with Gasteiger partial charge in [0, 0.05) is 26.9 Å². The number of methoxy groups -OCH3 is 1. The maximum atomic E-state index is 6.40. The molecule has 0 aliphatic rings. The molecule has 176 valence electrons. The van der Waals surface area contributed by atoms with Crippen molar-refractivity contribution in [3.05, 3.63) is 59.7 Å². The molecule has 0 spiro atoms. The molecule has 0 bridgehead atoms. The van der Waals surface area contributed by atoms with Gasteiger partial charge in [0.05, 0.1) is 20.2 Å². The van der Waals surface area contributed by atoms with Gasteiger partial charge < -0.3 is 20.9 Å². The second-order valence-electron chi connectivity index (χ2n) is 7.69. The number of nitrogens with two attached hydrogens (primary N) is 2. The van der Waals surface area contributed by atoms with Crippen molar-refractivity contribution in [2.75, 3.05) is 34.0 Å². The average Bonchev–Trinajstić information content (AvgIpc) is 2.83. The van der Waals surface area contributed by atoms with Gasteiger partial charge in [-0.1, -0.05) is 30.9 Å². The number of ether oxygens (including phenoxy) is 2. The highest BCUT2D eigenvalue weighted by atomic mass is 32.4. The van der Waals surface area contributed by atoms with E-state index >= 15 is 0 Å². The smallest absolute Gasteiger partial charge is 0.149 e. The third-order valence-corrected chi connectivity index (χ3v) is 9.57. The molecule has 0 saturated carbocycles. The summed E-state index contributed by atoms with van der Waals surface area (Å²) >= 11 is 5.91. The lowest BCUT2D eigenvalue weighted by Gasteiger charge is -2.34. The Morgan fingerprint density at radius 3 is 2.19 bits per heavy atom. The van der Waals surface area contributed by atoms with Crippen molar-refractivity contribution in [2.45, 2.75) is 32.0 Å². The molecule has 0 aliphatic heterocycles. The van der Waals surface area contributed by atoms with Crippen molar-refractivity contribution in [1.82, 2.24) is 9.68 Å². The van der Waals surface area contributed by atoms with Crippen LogP contribution in [0.3, 0.4) is 0 Å². The number of hydrogen-bond acceptors (Lipinski definition) is 7. The summed E-state index contributed by atoms with van der Waals surface area (Å²) in [6.45, 7) is 4.39. The Labute approximate surface area is 197 Å². The van der Waals surface area contributed by atoms with E-state index in [-0.39, 0.29) is 0 Å². The molecule has 0 saturated heterocycles. The summed E-state index contributed by atoms with van der Waals surface area (Å²) in [7, 11) is 3.57. The fourth-order valence-corrected chi connectivity index (χ4v) is 5.09. The summed E-state index contributed by atoms with van der Waals surface area (Å²) in [5.41, 5.74) is 13.6. The minimum atomic E-state index is -1.54. The zero-order valence-electron chi connectivity index (χ0n) is 19.5. The lowest BCUT2D eigenvalue weighted by atomic mass is 10.1. The van der Waals surface area contributed by atoms with Crippen LogP contribution in [0.1, 0.15) is 31.4 Å². The van der Waals surface area contributed by atoms with Crippen LogP contribution in [-0.4, -0.2) is 55.3 Å². The molecule has 0 aliphatic carbocycles. The maximum Gasteiger partial charge on any atom is 0.149 e. The van der Waals surface area contributed by atoms with Crippen LogP contribution < -0.4 is 20.9 Å². The quantitative estimate of drug-likeness (QED) is 0.198. The number of hydrazone groups is 1. The molecule has 0 radical (unpaired) electrons. The third-order valence-electron chi connectivity index (χ3n) is 5.42. The molecule has 0 fully saturated rings. The molecule has 2 aromatic carbocycles. The van der Waals surface area contributed by atoms with Crippen LogP contribution in [0.5, 0.6) is 11.5 Å². The van der Waals surface area contributed by atoms with Crippen molar-refractivity contribution in [3.8, 4) is 11.5 Å². The average molecular weight is 478 g/mol. The number of hydrogen-bond donors (Lipinski definition) is 2. The van der Waals surface area contributed by atoms with Crippen molar-refractivity contribution in [2.24, 2.45) is 16.6 Å². The molecule has 0 amide bonds. The van der Waals surface area contributed by atoms with E-state index in [1.807, 2.05) is 59.3 Å². The molecule has 2 aromatic rings. The Balaban J connectivity index is 2.01. The molecular formula is C23H36N5O2PS. The summed E-state index contributed by atoms with van der Waals surface area (Å²) < 4.78 is 13.5. The van der Waals surface area contributed by atoms with Gasteiger partial charge in [0.1, 0.15) is 16.8 Å². The minimum Gasteiger partial charge on any atom is -0.497 e. The zero-order chi connectivity index (χ0) is 23.6. The molecule has 0 heterocycles. The highest BCUT2D eigenvalue weighted by Crippen LogP contribution is 2.45. The topological polar surface area (TPSA) is 89.3 Å². The van der Waals surface area contributed by atoms with E-state index in [0.29, 0.717) is 13.3 Å². The molecule has 2 rings (SSSR count). The van der Waals surface area contributed by atoms with Crippen molar-refractivity contribution >= 4 is 24.9 Å². The van der Waals surface area contributed by atoms with Crippen molar-refractivity contribution in [3.63, 3.8) is 0 Å². The molecule has 7 nitrogen and oxygen atoms in total. The largest absolute Gasteiger partial charge is 0.497 e. The highest BCUT2D eigenvalue weighted by molar-refractivity contribution is 8.04. The van der Waals surface area contributed by atoms with Gasteiger partial charge in [-0.3, -0.25) is 9.68 Å². The predicted octanol–water partition coefficient (Wildman–Crippen LogP) is 3.43. The Kier molecular flexibility index (Phi) is 10.6. The molecule has 0 aromatic heterocycles. The highest BCUT2D eigenvalue weighted by Gasteiger charge is 2.31. The van der Waals surface area contributed by atoms with Gasteiger partial charge in [0.15, 0.2) is 0 Å². The molecule has 4 N–H and O–H groups in total. The van der Waals surface area contributed by atoms with E-state index < -0.39 is 12.2 Å². The Morgan fingerprint density at radius 2 is 1.66 bits per heavy atom. The molecule has 32 heavy (non-hydrogen) atoms. The summed E-state index contributed by atoms with van der Waals surface area (Å²) in [5, 5.41) is 4.10. The van der Waals surface area contributed by atoms with Gasteiger partial charge >= 0.3 is 0 Å². The van der Waals surface area contributed by atoms with Gasteiger partial charge in [-0.15, -0.1) is 0 Å². The summed E-state index contributed by atoms with van der Waals surface area (Å²) in [5.74, 6) is 1.63. The van der Waals surface area contributed by atoms with Crippen molar-refractivity contribution < 1.29 is 9.47 Å². The van der Waals surface area contributed by atoms with Gasteiger partial charge in [-0.25, -0.2) is 0 Å². The van der Waals surface area contributed by atoms with Gasteiger partial charge in [-0.2, -0.15) is 5.10 Å². The van der Waals surface area contributed by atoms with E-state index in [1.54, 1.807) is 7.11 Å². The molecule has 2 unspecified atom stereocenters. The van der Waals surface area contributed by atoms with Crippen LogP contribution in [0.4, 0.5) is 0 Å². The standard InChI is InChI=1S/C23H36N5O2PS/c1-5-23(2,30-22-12-6-19(7-13-22)14-15-28(17-24)18-25)31(32)27(3)26-16-20-8-10-21(29-4)11-9-20/h6-13,16,31H,5,14-15,17-18,24-25H2,1-4H3/b26-16+. The van der Waals surface area contributed by atoms with Crippen LogP contribution in [-0.2, 0) is 18.2 Å². The number of nitrogens with zero attached hydrogens (tertiary/aromatic N) is 3. The second-order valence-corrected chi connectivity index (χ2v) is 11.2. The van der Waals surface area contributed by atoms with Crippen molar-refractivity contribution in [1.29, 1.82) is 0 Å². The van der Waals surface area contributed by atoms with Crippen LogP contribution in [0.15, 0.2) is 53.6 Å². The second kappa shape index (κ2) is 12.9. The SMILES string of the molecule is CCC(C)(Oc1ccc(CCN(CN)CN)cc1)[PH](=S)N(C)/N=C/c1ccc(OC)cc1. The first kappa shape index (κ1) is 26.3. The fraction of sp³-hybridized carbons (Fsp3) is 0.435. The molecule has 2 atom stereocenters. The van der Waals surface area contributed by atoms with Gasteiger partial charge in [0.25, 0.3) is 0 Å². The Morgan fingerprint density at radius 1 is 1.06 bits per heavy atom. The van der Waals surface area contributed by atoms with Gasteiger partial charge in [0.2, 0.25) is 0 Å². The van der Waals surface area contributed by atoms with Crippen LogP contribution in [0.2, 0.25) is 0 Å². The lowest BCUT2D eigenvalue weighted by Crippen LogP contribution is -2.36. The Hall–Kier alpha value is -1.96. The zero-order valence-corrected chi connectivity index (χ0v) is 21.3. The Bertz CT molecular complexity index is 875. The molecule has 9 heteroatoms. The maximum absolute atomic E-state index is 6.40. The summed E-state index contributed by atoms with van der Waals surface area (Å²) in [6.07, 6.45) is 3.49. The van der Waals surface area contributed by atoms with E-state index in [0.717, 1.165) is 36.4 Å². The van der Waals surface area contributed by atoms with Crippen LogP contribution in [0, 0.1) is 0 Å². The summed E-state index contributed by atoms with van der Waals surface area (Å²) in [4.78, 5) is 1.99. The van der Waals surface area contributed by atoms with E-state index in [2.05, 4.69) is 31.1 Å². The lowest BCUT2D eigenvalue weighted by molar-refractivity contribution is 0.171. The summed E-state index contributed by atoms with van der Waals surface area (Å²) in [6, 6.07) is 15.9. The first-order chi connectivity index (χ1) is 15.3. The minimum absolute atomic E-state index is 0.463. The number of rotatable bonds is 13. The molecular weight excluding hydrogens is 441 g/mol. The first-order valence-electron chi connectivity index (χ1n) is 10.7. The number of benzene rings is 2. The van der Waals surface area contributed by atoms with E-state index in [4.69, 9.17) is 32.7 Å². The monoisotopic (exact) mass is 477 g/mol. The van der Waals surface area contributed by atoms with E-state index in [9.17, 15) is 0 Å². The van der Waals surface area contributed by atoms with E-state index in [1.165, 1.54) is 5.56 Å². The van der Waals surface area contributed by atoms with Crippen LogP contribution in [0.25, 0.3) is 0 Å². The fourth-order valence-electron chi connectivity index (χ4n) is 3.03.